The summed E-state index contributed by atoms with van der Waals surface area (Å²) < 4.78 is 0. The fourth-order valence-electron chi connectivity index (χ4n) is 1.84. The Balaban J connectivity index is 3.21. The zero-order valence-corrected chi connectivity index (χ0v) is 11.1. The summed E-state index contributed by atoms with van der Waals surface area (Å²) in [7, 11) is 0. The van der Waals surface area contributed by atoms with Crippen LogP contribution in [0.1, 0.15) is 39.0 Å². The van der Waals surface area contributed by atoms with Gasteiger partial charge in [0.2, 0.25) is 0 Å². The van der Waals surface area contributed by atoms with Gasteiger partial charge in [-0.25, -0.2) is 0 Å². The van der Waals surface area contributed by atoms with E-state index in [4.69, 9.17) is 0 Å². The molecule has 1 heterocycles. The van der Waals surface area contributed by atoms with Crippen molar-refractivity contribution in [2.24, 2.45) is 4.99 Å². The summed E-state index contributed by atoms with van der Waals surface area (Å²) in [4.78, 5) is 8.69. The average Bonchev–Trinajstić information content (AvgIpc) is 2.30. The van der Waals surface area contributed by atoms with E-state index < -0.39 is 0 Å². The maximum atomic E-state index is 4.43. The van der Waals surface area contributed by atoms with Crippen molar-refractivity contribution in [1.82, 2.24) is 4.98 Å². The quantitative estimate of drug-likeness (QED) is 0.714. The molecule has 0 unspecified atom stereocenters. The minimum atomic E-state index is 0.962. The van der Waals surface area contributed by atoms with Gasteiger partial charge in [0.25, 0.3) is 0 Å². The number of aromatic nitrogens is 1. The Kier molecular flexibility index (Phi) is 4.83. The zero-order valence-electron chi connectivity index (χ0n) is 11.1. The molecule has 1 aromatic rings. The predicted molar refractivity (Wildman–Crippen MR) is 75.2 cm³/mol. The van der Waals surface area contributed by atoms with Crippen LogP contribution in [0.2, 0.25) is 0 Å². The van der Waals surface area contributed by atoms with Crippen molar-refractivity contribution in [3.05, 3.63) is 47.9 Å². The van der Waals surface area contributed by atoms with Crippen LogP contribution in [-0.4, -0.2) is 10.7 Å². The Bertz CT molecular complexity index is 446. The lowest BCUT2D eigenvalue weighted by molar-refractivity contribution is 1.03. The fraction of sp³-hybridized carbons (Fsp3) is 0.333. The highest BCUT2D eigenvalue weighted by molar-refractivity contribution is 6.23. The van der Waals surface area contributed by atoms with Gasteiger partial charge in [-0.15, -0.1) is 0 Å². The predicted octanol–water partition coefficient (Wildman–Crippen LogP) is 4.04. The summed E-state index contributed by atoms with van der Waals surface area (Å²) in [5.41, 5.74) is 5.59. The molecular weight excluding hydrogens is 208 g/mol. The van der Waals surface area contributed by atoms with E-state index in [0.29, 0.717) is 0 Å². The second kappa shape index (κ2) is 6.14. The third-order valence-corrected chi connectivity index (χ3v) is 2.62. The van der Waals surface area contributed by atoms with Crippen LogP contribution in [0.3, 0.4) is 0 Å². The molecule has 0 aromatic carbocycles. The summed E-state index contributed by atoms with van der Waals surface area (Å²) in [6.45, 7) is 11.9. The van der Waals surface area contributed by atoms with E-state index in [-0.39, 0.29) is 0 Å². The van der Waals surface area contributed by atoms with Crippen LogP contribution in [0, 0.1) is 0 Å². The maximum absolute atomic E-state index is 4.43. The van der Waals surface area contributed by atoms with Gasteiger partial charge in [-0.2, -0.15) is 0 Å². The lowest BCUT2D eigenvalue weighted by atomic mass is 9.99. The molecule has 0 aliphatic carbocycles. The first-order valence-corrected chi connectivity index (χ1v) is 5.88. The molecule has 2 nitrogen and oxygen atoms in total. The molecule has 1 rings (SSSR count). The Morgan fingerprint density at radius 1 is 1.35 bits per heavy atom. The highest BCUT2D eigenvalue weighted by Crippen LogP contribution is 2.20. The summed E-state index contributed by atoms with van der Waals surface area (Å²) in [6, 6.07) is 4.18. The highest BCUT2D eigenvalue weighted by atomic mass is 14.7. The fourth-order valence-corrected chi connectivity index (χ4v) is 1.84. The molecule has 0 saturated carbocycles. The van der Waals surface area contributed by atoms with Gasteiger partial charge in [0.15, 0.2) is 0 Å². The highest BCUT2D eigenvalue weighted by Gasteiger charge is 2.07. The number of pyridine rings is 1. The van der Waals surface area contributed by atoms with Crippen molar-refractivity contribution in [3.63, 3.8) is 0 Å². The van der Waals surface area contributed by atoms with Gasteiger partial charge in [-0.05, 0) is 33.3 Å². The average molecular weight is 228 g/mol. The number of aryl methyl sites for hydroxylation is 1. The van der Waals surface area contributed by atoms with Crippen LogP contribution >= 0.6 is 0 Å². The number of hydrogen-bond acceptors (Lipinski definition) is 2. The molecule has 0 atom stereocenters. The molecule has 0 radical (unpaired) electrons. The molecule has 0 saturated heterocycles. The molecule has 0 amide bonds. The van der Waals surface area contributed by atoms with Crippen molar-refractivity contribution in [1.29, 1.82) is 0 Å². The number of nitrogens with zero attached hydrogens (tertiary/aromatic N) is 2. The Labute approximate surface area is 104 Å². The second-order valence-electron chi connectivity index (χ2n) is 4.16. The Hall–Kier alpha value is -1.70. The molecule has 0 spiro atoms. The lowest BCUT2D eigenvalue weighted by Crippen LogP contribution is -2.00. The van der Waals surface area contributed by atoms with E-state index in [2.05, 4.69) is 49.5 Å². The van der Waals surface area contributed by atoms with Crippen molar-refractivity contribution in [3.8, 4) is 0 Å². The summed E-state index contributed by atoms with van der Waals surface area (Å²) in [6.07, 6.45) is 4.46. The van der Waals surface area contributed by atoms with E-state index in [9.17, 15) is 0 Å². The van der Waals surface area contributed by atoms with Crippen LogP contribution in [0.15, 0.2) is 41.7 Å². The molecule has 0 aliphatic rings. The number of rotatable bonds is 4. The minimum absolute atomic E-state index is 0.962. The molecule has 90 valence electrons. The summed E-state index contributed by atoms with van der Waals surface area (Å²) in [5.74, 6) is 0. The van der Waals surface area contributed by atoms with Crippen LogP contribution < -0.4 is 0 Å². The van der Waals surface area contributed by atoms with Crippen LogP contribution in [-0.2, 0) is 6.42 Å². The molecule has 0 bridgehead atoms. The molecular formula is C15H20N2. The second-order valence-corrected chi connectivity index (χ2v) is 4.16. The van der Waals surface area contributed by atoms with Crippen molar-refractivity contribution in [2.75, 3.05) is 0 Å². The largest absolute Gasteiger partial charge is 0.262 e. The van der Waals surface area contributed by atoms with Gasteiger partial charge in [0, 0.05) is 34.9 Å². The smallest absolute Gasteiger partial charge is 0.0450 e. The minimum Gasteiger partial charge on any atom is -0.262 e. The summed E-state index contributed by atoms with van der Waals surface area (Å²) >= 11 is 0. The number of hydrogen-bond donors (Lipinski definition) is 0. The molecule has 0 N–H and O–H groups in total. The van der Waals surface area contributed by atoms with E-state index in [1.807, 2.05) is 13.1 Å². The van der Waals surface area contributed by atoms with Crippen LogP contribution in [0.25, 0.3) is 5.57 Å². The molecule has 0 aliphatic heterocycles. The first-order valence-electron chi connectivity index (χ1n) is 5.88. The van der Waals surface area contributed by atoms with Gasteiger partial charge < -0.3 is 0 Å². The van der Waals surface area contributed by atoms with E-state index in [0.717, 1.165) is 29.0 Å². The van der Waals surface area contributed by atoms with Gasteiger partial charge in [0.1, 0.15) is 0 Å². The van der Waals surface area contributed by atoms with Gasteiger partial charge in [-0.3, -0.25) is 9.98 Å². The summed E-state index contributed by atoms with van der Waals surface area (Å²) in [5, 5.41) is 0. The third-order valence-electron chi connectivity index (χ3n) is 2.62. The van der Waals surface area contributed by atoms with Crippen molar-refractivity contribution < 1.29 is 0 Å². The van der Waals surface area contributed by atoms with E-state index in [1.165, 1.54) is 5.57 Å². The number of allylic oxidation sites excluding steroid dienone is 2. The third kappa shape index (κ3) is 3.38. The van der Waals surface area contributed by atoms with Crippen molar-refractivity contribution >= 4 is 11.3 Å². The van der Waals surface area contributed by atoms with Crippen LogP contribution in [0.4, 0.5) is 0 Å². The standard InChI is InChI=1S/C15H20N2/c1-6-14-9-8-13(10-17-14)15(11(3)4)12(5)16-7-2/h7-10H,2,6H2,1,3-5H3/b16-12-. The molecule has 1 aromatic heterocycles. The monoisotopic (exact) mass is 228 g/mol. The normalized spacial score (nSPS) is 11.2. The SMILES string of the molecule is C=C/N=C(/C)C(=C(C)C)c1ccc(CC)nc1. The molecule has 17 heavy (non-hydrogen) atoms. The maximum Gasteiger partial charge on any atom is 0.0450 e. The Morgan fingerprint density at radius 2 is 2.06 bits per heavy atom. The van der Waals surface area contributed by atoms with Gasteiger partial charge in [0.05, 0.1) is 0 Å². The van der Waals surface area contributed by atoms with Gasteiger partial charge >= 0.3 is 0 Å². The van der Waals surface area contributed by atoms with Gasteiger partial charge in [-0.1, -0.05) is 25.1 Å². The zero-order chi connectivity index (χ0) is 12.8. The van der Waals surface area contributed by atoms with E-state index >= 15 is 0 Å². The Morgan fingerprint density at radius 3 is 2.47 bits per heavy atom. The first-order chi connectivity index (χ1) is 8.10. The van der Waals surface area contributed by atoms with Crippen LogP contribution in [0.5, 0.6) is 0 Å². The number of aliphatic imine (C=N–C) groups is 1. The van der Waals surface area contributed by atoms with E-state index in [1.54, 1.807) is 6.20 Å². The van der Waals surface area contributed by atoms with Crippen molar-refractivity contribution in [2.45, 2.75) is 34.1 Å². The topological polar surface area (TPSA) is 25.2 Å². The first kappa shape index (κ1) is 13.4. The lowest BCUT2D eigenvalue weighted by Gasteiger charge is -2.10. The molecule has 2 heteroatoms. The molecule has 0 fully saturated rings.